The number of alkyl halides is 2. The monoisotopic (exact) mass is 215 g/mol. The molecule has 1 amide bonds. The molecule has 1 aromatic carbocycles. The Morgan fingerprint density at radius 1 is 1.60 bits per heavy atom. The smallest absolute Gasteiger partial charge is 0.266 e. The molecule has 1 unspecified atom stereocenters. The maximum Gasteiger partial charge on any atom is 0.266 e. The second-order valence-corrected chi connectivity index (χ2v) is 3.05. The molecular formula is C10H11F2NO2. The highest BCUT2D eigenvalue weighted by molar-refractivity contribution is 5.95. The Bertz CT molecular complexity index is 368. The van der Waals surface area contributed by atoms with Crippen LogP contribution in [0.3, 0.4) is 0 Å². The Hall–Kier alpha value is -1.65. The van der Waals surface area contributed by atoms with E-state index in [-0.39, 0.29) is 11.3 Å². The molecule has 0 aliphatic heterocycles. The Balaban J connectivity index is 3.01. The summed E-state index contributed by atoms with van der Waals surface area (Å²) in [5.74, 6) is -0.780. The molecule has 1 aromatic rings. The van der Waals surface area contributed by atoms with E-state index in [9.17, 15) is 13.6 Å². The molecule has 82 valence electrons. The van der Waals surface area contributed by atoms with E-state index in [1.807, 2.05) is 0 Å². The van der Waals surface area contributed by atoms with E-state index >= 15 is 0 Å². The van der Waals surface area contributed by atoms with Gasteiger partial charge in [0.2, 0.25) is 0 Å². The van der Waals surface area contributed by atoms with Gasteiger partial charge in [0.05, 0.1) is 5.56 Å². The molecule has 15 heavy (non-hydrogen) atoms. The number of carbonyl (C=O) groups excluding carboxylic acids is 1. The largest absolute Gasteiger partial charge is 0.457 e. The van der Waals surface area contributed by atoms with Crippen LogP contribution in [0.2, 0.25) is 0 Å². The third-order valence-electron chi connectivity index (χ3n) is 1.78. The lowest BCUT2D eigenvalue weighted by Gasteiger charge is -2.11. The van der Waals surface area contributed by atoms with Crippen molar-refractivity contribution in [3.8, 4) is 5.75 Å². The Morgan fingerprint density at radius 2 is 2.27 bits per heavy atom. The summed E-state index contributed by atoms with van der Waals surface area (Å²) in [6, 6.07) is 4.47. The van der Waals surface area contributed by atoms with Crippen LogP contribution < -0.4 is 10.5 Å². The molecule has 0 aliphatic carbocycles. The first-order valence-electron chi connectivity index (χ1n) is 4.31. The van der Waals surface area contributed by atoms with Crippen LogP contribution in [-0.4, -0.2) is 18.9 Å². The van der Waals surface area contributed by atoms with Crippen molar-refractivity contribution >= 4 is 5.91 Å². The van der Waals surface area contributed by atoms with Crippen LogP contribution in [0.15, 0.2) is 18.2 Å². The third-order valence-corrected chi connectivity index (χ3v) is 1.78. The zero-order chi connectivity index (χ0) is 11.4. The first-order chi connectivity index (χ1) is 7.04. The molecule has 1 atom stereocenters. The third kappa shape index (κ3) is 2.90. The van der Waals surface area contributed by atoms with Crippen LogP contribution in [0.1, 0.15) is 15.9 Å². The van der Waals surface area contributed by atoms with Crippen molar-refractivity contribution in [1.29, 1.82) is 0 Å². The minimum atomic E-state index is -2.08. The Morgan fingerprint density at radius 3 is 2.80 bits per heavy atom. The summed E-state index contributed by atoms with van der Waals surface area (Å²) < 4.78 is 29.0. The van der Waals surface area contributed by atoms with E-state index in [4.69, 9.17) is 5.73 Å². The van der Waals surface area contributed by atoms with Crippen LogP contribution in [0, 0.1) is 6.92 Å². The quantitative estimate of drug-likeness (QED) is 0.831. The van der Waals surface area contributed by atoms with Gasteiger partial charge in [0.1, 0.15) is 5.75 Å². The van der Waals surface area contributed by atoms with Crippen LogP contribution in [-0.2, 0) is 0 Å². The van der Waals surface area contributed by atoms with Gasteiger partial charge in [-0.25, -0.2) is 4.39 Å². The summed E-state index contributed by atoms with van der Waals surface area (Å²) in [5.41, 5.74) is 5.90. The molecule has 0 aromatic heterocycles. The first kappa shape index (κ1) is 11.4. The molecule has 0 saturated heterocycles. The lowest BCUT2D eigenvalue weighted by Crippen LogP contribution is -2.17. The number of nitrogens with two attached hydrogens (primary N) is 1. The molecule has 0 bridgehead atoms. The Kier molecular flexibility index (Phi) is 3.60. The van der Waals surface area contributed by atoms with Crippen molar-refractivity contribution in [2.24, 2.45) is 5.73 Å². The van der Waals surface area contributed by atoms with Gasteiger partial charge in [-0.05, 0) is 19.1 Å². The van der Waals surface area contributed by atoms with Gasteiger partial charge in [0.15, 0.2) is 6.67 Å². The fourth-order valence-corrected chi connectivity index (χ4v) is 1.11. The van der Waals surface area contributed by atoms with E-state index in [2.05, 4.69) is 4.74 Å². The topological polar surface area (TPSA) is 52.3 Å². The SMILES string of the molecule is Cc1ccc(OC(F)CF)c(C(N)=O)c1. The minimum absolute atomic E-state index is 0.0433. The molecule has 0 radical (unpaired) electrons. The van der Waals surface area contributed by atoms with Crippen molar-refractivity contribution in [2.45, 2.75) is 13.3 Å². The number of hydrogen-bond donors (Lipinski definition) is 1. The summed E-state index contributed by atoms with van der Waals surface area (Å²) in [6.45, 7) is 0.477. The average molecular weight is 215 g/mol. The van der Waals surface area contributed by atoms with E-state index < -0.39 is 18.9 Å². The average Bonchev–Trinajstić information content (AvgIpc) is 2.20. The molecule has 0 aliphatic rings. The Labute approximate surface area is 85.8 Å². The first-order valence-corrected chi connectivity index (χ1v) is 4.31. The van der Waals surface area contributed by atoms with Crippen molar-refractivity contribution < 1.29 is 18.3 Å². The molecule has 0 fully saturated rings. The summed E-state index contributed by atoms with van der Waals surface area (Å²) in [4.78, 5) is 11.0. The van der Waals surface area contributed by atoms with Gasteiger partial charge in [0.25, 0.3) is 12.3 Å². The number of primary amides is 1. The maximum absolute atomic E-state index is 12.6. The summed E-state index contributed by atoms with van der Waals surface area (Å²) in [5, 5.41) is 0. The van der Waals surface area contributed by atoms with Crippen molar-refractivity contribution in [1.82, 2.24) is 0 Å². The summed E-state index contributed by atoms with van der Waals surface area (Å²) in [7, 11) is 0. The van der Waals surface area contributed by atoms with Crippen LogP contribution in [0.5, 0.6) is 5.75 Å². The van der Waals surface area contributed by atoms with Gasteiger partial charge in [0, 0.05) is 0 Å². The van der Waals surface area contributed by atoms with Crippen LogP contribution in [0.25, 0.3) is 0 Å². The van der Waals surface area contributed by atoms with Gasteiger partial charge in [-0.2, -0.15) is 4.39 Å². The number of hydrogen-bond acceptors (Lipinski definition) is 2. The predicted octanol–water partition coefficient (Wildman–Crippen LogP) is 1.74. The molecule has 0 heterocycles. The van der Waals surface area contributed by atoms with Crippen molar-refractivity contribution in [2.75, 3.05) is 6.67 Å². The highest BCUT2D eigenvalue weighted by Gasteiger charge is 2.14. The molecule has 3 nitrogen and oxygen atoms in total. The maximum atomic E-state index is 12.6. The lowest BCUT2D eigenvalue weighted by molar-refractivity contribution is 0.0425. The minimum Gasteiger partial charge on any atom is -0.457 e. The molecule has 2 N–H and O–H groups in total. The number of rotatable bonds is 4. The fourth-order valence-electron chi connectivity index (χ4n) is 1.11. The zero-order valence-corrected chi connectivity index (χ0v) is 8.17. The highest BCUT2D eigenvalue weighted by atomic mass is 19.2. The second kappa shape index (κ2) is 4.72. The van der Waals surface area contributed by atoms with E-state index in [0.717, 1.165) is 5.56 Å². The highest BCUT2D eigenvalue weighted by Crippen LogP contribution is 2.21. The normalized spacial score (nSPS) is 12.2. The number of carbonyl (C=O) groups is 1. The lowest BCUT2D eigenvalue weighted by atomic mass is 10.1. The number of amides is 1. The number of benzene rings is 1. The summed E-state index contributed by atoms with van der Waals surface area (Å²) in [6.07, 6.45) is -2.08. The molecule has 1 rings (SSSR count). The van der Waals surface area contributed by atoms with Gasteiger partial charge < -0.3 is 10.5 Å². The van der Waals surface area contributed by atoms with E-state index in [0.29, 0.717) is 0 Å². The molecule has 0 spiro atoms. The number of aryl methyl sites for hydroxylation is 1. The van der Waals surface area contributed by atoms with Gasteiger partial charge >= 0.3 is 0 Å². The van der Waals surface area contributed by atoms with Gasteiger partial charge in [-0.3, -0.25) is 4.79 Å². The zero-order valence-electron chi connectivity index (χ0n) is 8.17. The van der Waals surface area contributed by atoms with E-state index in [1.165, 1.54) is 12.1 Å². The van der Waals surface area contributed by atoms with Gasteiger partial charge in [-0.1, -0.05) is 11.6 Å². The van der Waals surface area contributed by atoms with Crippen LogP contribution in [0.4, 0.5) is 8.78 Å². The van der Waals surface area contributed by atoms with E-state index in [1.54, 1.807) is 13.0 Å². The fraction of sp³-hybridized carbons (Fsp3) is 0.300. The molecule has 5 heteroatoms. The van der Waals surface area contributed by atoms with Crippen LogP contribution >= 0.6 is 0 Å². The standard InChI is InChI=1S/C10H11F2NO2/c1-6-2-3-8(15-9(12)5-11)7(4-6)10(13)14/h2-4,9H,5H2,1H3,(H2,13,14). The number of halogens is 2. The molecule has 0 saturated carbocycles. The molecular weight excluding hydrogens is 204 g/mol. The summed E-state index contributed by atoms with van der Waals surface area (Å²) >= 11 is 0. The predicted molar refractivity (Wildman–Crippen MR) is 51.2 cm³/mol. The van der Waals surface area contributed by atoms with Gasteiger partial charge in [-0.15, -0.1) is 0 Å². The van der Waals surface area contributed by atoms with Crippen molar-refractivity contribution in [3.05, 3.63) is 29.3 Å². The second-order valence-electron chi connectivity index (χ2n) is 3.05. The van der Waals surface area contributed by atoms with Crippen molar-refractivity contribution in [3.63, 3.8) is 0 Å². The number of ether oxygens (including phenoxy) is 1.